The standard InChI is InChI=1S/2C44H32P2.2C6H12N2.2CB11.CH2Cl2.Ag.3ClH.2Ru.H/c2*1-5-19-35(20-6-1)45(36-21-7-2-8-22-36)41-31-29-33-17-13-15-27-39(33)43(41)44-40-28-16-14-18-34(40)30-32-42(44)46(37-23-9-3-10-24-37)38-25-11-4-12-26-38;2*7-5-3-1-2-4-6(5)8;2-9-1(10(3)4,11(5)6)12(7)8;2-9(3)1(10(4)5)11(6)12(7)8;2-1-3;;;;;;;/h2*1-32H;2*5-8H,1-4H2;;;1H2;;3*1H;;;/q;;2*-2;;-1;;+1;;;;2*+4;-1/p+1/t;;2*5-,6-;;;;;;;;;;/m..11........../s1. The third-order valence-electron chi connectivity index (χ3n) is 24.9. The molecular weight excluding hydrogens is 2140 g/mol. The maximum absolute atomic E-state index is 7.29. The number of fused-ring (bicyclic) bond motifs is 4. The molecule has 0 aromatic heterocycles. The van der Waals surface area contributed by atoms with Gasteiger partial charge in [-0.05, 0) is 225 Å². The summed E-state index contributed by atoms with van der Waals surface area (Å²) >= 11 is 11.0. The molecule has 0 spiro atoms. The molecule has 38 heteroatoms. The summed E-state index contributed by atoms with van der Waals surface area (Å²) in [6, 6.07) is 144. The van der Waals surface area contributed by atoms with Crippen LogP contribution in [0.5, 0.6) is 0 Å². The molecule has 4 N–H and O–H groups in total. The average Bonchev–Trinajstić information content (AvgIpc) is 0.733. The van der Waals surface area contributed by atoms with Gasteiger partial charge in [-0.15, -0.1) is 42.7 Å². The van der Waals surface area contributed by atoms with Gasteiger partial charge in [-0.3, -0.25) is 0 Å². The van der Waals surface area contributed by atoms with E-state index >= 15 is 0 Å². The van der Waals surface area contributed by atoms with E-state index in [1.165, 1.54) is 155 Å². The molecule has 0 unspecified atom stereocenters. The van der Waals surface area contributed by atoms with Crippen LogP contribution in [0.15, 0.2) is 388 Å². The van der Waals surface area contributed by atoms with Crippen LogP contribution in [-0.4, -0.2) is 190 Å². The zero-order valence-corrected chi connectivity index (χ0v) is 91.0. The molecule has 2 aliphatic rings. The average molecular weight is 2240 g/mol. The maximum atomic E-state index is 7.29. The summed E-state index contributed by atoms with van der Waals surface area (Å²) in [5.41, 5.74) is 35.0. The largest absolute Gasteiger partial charge is 1.00 e. The number of hydrogen-bond acceptors (Lipinski definition) is 0. The zero-order chi connectivity index (χ0) is 101. The van der Waals surface area contributed by atoms with Gasteiger partial charge in [0.25, 0.3) is 0 Å². The molecule has 0 saturated heterocycles. The van der Waals surface area contributed by atoms with Crippen molar-refractivity contribution in [3.63, 3.8) is 0 Å². The summed E-state index contributed by atoms with van der Waals surface area (Å²) in [5.74, 6) is 0. The molecule has 0 heterocycles. The Kier molecular flexibility index (Phi) is 53.5. The summed E-state index contributed by atoms with van der Waals surface area (Å²) in [6.45, 7) is -4.93. The molecule has 16 aromatic rings. The second-order valence-corrected chi connectivity index (χ2v) is 47.0. The number of benzene rings is 16. The van der Waals surface area contributed by atoms with E-state index in [0.717, 1.165) is 32.9 Å². The Balaban J connectivity index is 0.000000237. The Morgan fingerprint density at radius 1 is 0.305 bits per heavy atom. The Hall–Kier alpha value is -5.01. The van der Waals surface area contributed by atoms with Crippen molar-refractivity contribution in [1.82, 2.24) is 0 Å². The summed E-state index contributed by atoms with van der Waals surface area (Å²) in [6.07, 6.45) is 7.73. The minimum atomic E-state index is -1.37. The minimum Gasteiger partial charge on any atom is -1.00 e. The van der Waals surface area contributed by atoms with Gasteiger partial charge in [-0.25, -0.2) is 0 Å². The molecule has 2 fully saturated rings. The predicted octanol–water partition coefficient (Wildman–Crippen LogP) is 17.6. The Morgan fingerprint density at radius 3 is 0.596 bits per heavy atom. The van der Waals surface area contributed by atoms with Crippen molar-refractivity contribution in [1.29, 1.82) is 0 Å². The van der Waals surface area contributed by atoms with E-state index in [-0.39, 0.29) is 68.5 Å². The van der Waals surface area contributed by atoms with Gasteiger partial charge in [0.2, 0.25) is 0 Å². The van der Waals surface area contributed by atoms with E-state index in [4.69, 9.17) is 174 Å². The second kappa shape index (κ2) is 63.1. The first kappa shape index (κ1) is 120. The minimum absolute atomic E-state index is 0. The number of alkyl halides is 2. The predicted molar refractivity (Wildman–Crippen MR) is 651 cm³/mol. The fourth-order valence-electron chi connectivity index (χ4n) is 17.9. The SMILES string of the molecule is ClCCl.[Ag+].[B]B([B])B([B])[C-](B([B])[B])B([B])[B].[B][B]C(B([B])[B])(B([B])[B])B([B])[B].[Cl][Ru+2][Cl].[Cl][Ru+3].[H-].[NH-][C@@H]1CCCC[C@H]1[NH-].[NH-][C@@H]1CCCC[C@H]1[NH-].c1ccc([PH+](c2ccccc2)c2ccc3ccccc3c2-c2c([PH+](c3ccccc3)c3ccccc3)ccc3ccccc23)cc1.c1ccc([PH+](c2ccccc2)c2ccc3ccccc3c2-c2c([PH+](c3ccccc3)c3ccccc3)ccc3ccccc23)cc1. The summed E-state index contributed by atoms with van der Waals surface area (Å²) in [4.78, 5) is 0. The van der Waals surface area contributed by atoms with Gasteiger partial charge in [0.15, 0.2) is 0 Å². The van der Waals surface area contributed by atoms with Crippen LogP contribution in [-0.2, 0) is 54.8 Å². The Morgan fingerprint density at radius 2 is 0.468 bits per heavy atom. The van der Waals surface area contributed by atoms with E-state index in [0.29, 0.717) is 5.62 Å². The van der Waals surface area contributed by atoms with E-state index in [1.807, 2.05) is 17.3 Å². The van der Waals surface area contributed by atoms with Crippen molar-refractivity contribution in [3.8, 4) is 22.3 Å². The summed E-state index contributed by atoms with van der Waals surface area (Å²) < 4.78 is 0. The van der Waals surface area contributed by atoms with Crippen LogP contribution in [0.25, 0.3) is 88.3 Å². The molecule has 29 radical (unpaired) electrons. The fraction of sp³-hybridized carbons (Fsp3) is 0.136. The topological polar surface area (TPSA) is 95.2 Å². The van der Waals surface area contributed by atoms with Gasteiger partial charge in [-0.1, -0.05) is 318 Å². The van der Waals surface area contributed by atoms with Gasteiger partial charge in [0, 0.05) is 103 Å². The van der Waals surface area contributed by atoms with Gasteiger partial charge in [-0.2, -0.15) is 29.2 Å². The van der Waals surface area contributed by atoms with E-state index in [1.54, 1.807) is 0 Å². The van der Waals surface area contributed by atoms with Crippen molar-refractivity contribution < 1.29 is 56.3 Å². The summed E-state index contributed by atoms with van der Waals surface area (Å²) in [5, 5.41) is 26.3. The monoisotopic (exact) mass is 2240 g/mol. The molecule has 4 nitrogen and oxygen atoms in total. The van der Waals surface area contributed by atoms with Crippen LogP contribution < -0.4 is 63.7 Å². The molecule has 4 atom stereocenters. The van der Waals surface area contributed by atoms with Crippen LogP contribution in [0.3, 0.4) is 0 Å². The summed E-state index contributed by atoms with van der Waals surface area (Å²) in [7, 11) is 85.5. The number of hydrogen-bond donors (Lipinski definition) is 0. The van der Waals surface area contributed by atoms with Crippen molar-refractivity contribution in [2.45, 2.75) is 80.5 Å². The van der Waals surface area contributed by atoms with E-state index in [2.05, 4.69) is 398 Å². The number of nitrogens with one attached hydrogen (secondary N) is 4. The maximum Gasteiger partial charge on any atom is 0.111 e. The first-order chi connectivity index (χ1) is 67.9. The van der Waals surface area contributed by atoms with Gasteiger partial charge < -0.3 is 30.0 Å². The first-order valence-corrected chi connectivity index (χ1v) is 59.9. The van der Waals surface area contributed by atoms with Gasteiger partial charge >= 0.3 is 83.9 Å². The number of halogens is 5. The van der Waals surface area contributed by atoms with Gasteiger partial charge in [0.05, 0.1) is 37.0 Å². The van der Waals surface area contributed by atoms with Gasteiger partial charge in [0.1, 0.15) is 63.7 Å². The van der Waals surface area contributed by atoms with Crippen LogP contribution in [0, 0.1) is 5.62 Å². The van der Waals surface area contributed by atoms with Crippen molar-refractivity contribution in [2.24, 2.45) is 0 Å². The third-order valence-corrected chi connectivity index (χ3v) is 36.0. The molecule has 16 aromatic carbocycles. The second-order valence-electron chi connectivity index (χ2n) is 33.8. The quantitative estimate of drug-likeness (QED) is 0.0280. The Labute approximate surface area is 923 Å². The molecule has 0 bridgehead atoms. The van der Waals surface area contributed by atoms with Crippen LogP contribution in [0.4, 0.5) is 0 Å². The van der Waals surface area contributed by atoms with Crippen LogP contribution in [0.2, 0.25) is 5.01 Å². The molecule has 0 amide bonds. The molecule has 2 aliphatic carbocycles. The third kappa shape index (κ3) is 32.8. The molecule has 141 heavy (non-hydrogen) atoms. The first-order valence-electron chi connectivity index (χ1n) is 46.1. The zero-order valence-electron chi connectivity index (χ0n) is 79.2. The van der Waals surface area contributed by atoms with Crippen LogP contribution in [0.1, 0.15) is 52.8 Å². The normalized spacial score (nSPS) is 13.9. The number of rotatable bonds is 22. The van der Waals surface area contributed by atoms with Crippen LogP contribution >= 0.6 is 84.0 Å². The van der Waals surface area contributed by atoms with E-state index in [9.17, 15) is 0 Å². The van der Waals surface area contributed by atoms with Crippen molar-refractivity contribution in [2.75, 3.05) is 5.34 Å². The fourth-order valence-corrected chi connectivity index (χ4v) is 29.0. The smallest absolute Gasteiger partial charge is 0.111 e. The Bertz CT molecular complexity index is 5470. The molecule has 18 rings (SSSR count). The van der Waals surface area contributed by atoms with Crippen molar-refractivity contribution in [3.05, 3.63) is 417 Å². The molecule has 0 aliphatic heterocycles. The van der Waals surface area contributed by atoms with E-state index < -0.39 is 82.0 Å². The van der Waals surface area contributed by atoms with Crippen molar-refractivity contribution >= 4 is 352 Å². The molecular formula is C103H95AgB22Cl5N4P4Ru2+4. The molecule has 671 valence electrons. The molecule has 2 saturated carbocycles.